The molecule has 0 amide bonds. The highest BCUT2D eigenvalue weighted by Gasteiger charge is 2.09. The van der Waals surface area contributed by atoms with Crippen LogP contribution >= 0.6 is 23.2 Å². The van der Waals surface area contributed by atoms with Gasteiger partial charge in [0.2, 0.25) is 0 Å². The molecule has 0 aliphatic rings. The van der Waals surface area contributed by atoms with Crippen LogP contribution in [0, 0.1) is 0 Å². The predicted molar refractivity (Wildman–Crippen MR) is 86.3 cm³/mol. The fourth-order valence-corrected chi connectivity index (χ4v) is 2.49. The van der Waals surface area contributed by atoms with Gasteiger partial charge in [-0.25, -0.2) is 0 Å². The Morgan fingerprint density at radius 3 is 2.35 bits per heavy atom. The molecule has 1 heterocycles. The van der Waals surface area contributed by atoms with Gasteiger partial charge in [0.25, 0.3) is 0 Å². The summed E-state index contributed by atoms with van der Waals surface area (Å²) in [6.07, 6.45) is 1.79. The number of rotatable bonds is 2. The average molecular weight is 303 g/mol. The molecule has 0 unspecified atom stereocenters. The van der Waals surface area contributed by atoms with Crippen LogP contribution in [0.5, 0.6) is 0 Å². The predicted octanol–water partition coefficient (Wildman–Crippen LogP) is 5.31. The van der Waals surface area contributed by atoms with Crippen molar-refractivity contribution in [3.05, 3.63) is 64.8 Å². The Kier molecular flexibility index (Phi) is 3.51. The molecule has 3 rings (SSSR count). The first kappa shape index (κ1) is 13.2. The molecular formula is C16H12Cl2N2. The van der Waals surface area contributed by atoms with Crippen LogP contribution in [0.25, 0.3) is 10.9 Å². The number of benzene rings is 2. The summed E-state index contributed by atoms with van der Waals surface area (Å²) in [4.78, 5) is 6.47. The molecule has 100 valence electrons. The standard InChI is InChI=1S/C16H12Cl2N2/c1-20(13-5-2-11(17)3-6-13)16-8-9-19-15-10-12(18)4-7-14(15)16/h2-10H,1H3. The Morgan fingerprint density at radius 2 is 1.60 bits per heavy atom. The highest BCUT2D eigenvalue weighted by molar-refractivity contribution is 6.31. The van der Waals surface area contributed by atoms with Crippen LogP contribution in [-0.4, -0.2) is 12.0 Å². The van der Waals surface area contributed by atoms with Crippen LogP contribution in [0.3, 0.4) is 0 Å². The maximum Gasteiger partial charge on any atom is 0.0737 e. The second-order valence-corrected chi connectivity index (χ2v) is 5.40. The lowest BCUT2D eigenvalue weighted by Crippen LogP contribution is -2.09. The van der Waals surface area contributed by atoms with Crippen LogP contribution in [-0.2, 0) is 0 Å². The van der Waals surface area contributed by atoms with Gasteiger partial charge >= 0.3 is 0 Å². The largest absolute Gasteiger partial charge is 0.344 e. The Labute approximate surface area is 127 Å². The van der Waals surface area contributed by atoms with Crippen molar-refractivity contribution in [2.24, 2.45) is 0 Å². The highest BCUT2D eigenvalue weighted by Crippen LogP contribution is 2.31. The van der Waals surface area contributed by atoms with E-state index in [-0.39, 0.29) is 0 Å². The van der Waals surface area contributed by atoms with Crippen LogP contribution in [0.15, 0.2) is 54.7 Å². The number of aromatic nitrogens is 1. The number of hydrogen-bond donors (Lipinski definition) is 0. The van der Waals surface area contributed by atoms with Gasteiger partial charge in [0.05, 0.1) is 11.2 Å². The third-order valence-corrected chi connectivity index (χ3v) is 3.74. The van der Waals surface area contributed by atoms with Crippen LogP contribution in [0.2, 0.25) is 10.0 Å². The molecule has 20 heavy (non-hydrogen) atoms. The van der Waals surface area contributed by atoms with E-state index >= 15 is 0 Å². The van der Waals surface area contributed by atoms with Crippen molar-refractivity contribution < 1.29 is 0 Å². The van der Waals surface area contributed by atoms with Gasteiger partial charge in [0.1, 0.15) is 0 Å². The van der Waals surface area contributed by atoms with Crippen molar-refractivity contribution in [1.29, 1.82) is 0 Å². The lowest BCUT2D eigenvalue weighted by atomic mass is 10.1. The molecule has 0 aliphatic heterocycles. The number of pyridine rings is 1. The molecule has 0 bridgehead atoms. The molecule has 0 spiro atoms. The van der Waals surface area contributed by atoms with Crippen LogP contribution in [0.1, 0.15) is 0 Å². The number of fused-ring (bicyclic) bond motifs is 1. The summed E-state index contributed by atoms with van der Waals surface area (Å²) in [5.41, 5.74) is 3.03. The van der Waals surface area contributed by atoms with Crippen molar-refractivity contribution >= 4 is 45.5 Å². The number of hydrogen-bond acceptors (Lipinski definition) is 2. The Bertz CT molecular complexity index is 754. The van der Waals surface area contributed by atoms with Crippen molar-refractivity contribution in [3.8, 4) is 0 Å². The molecule has 2 nitrogen and oxygen atoms in total. The second-order valence-electron chi connectivity index (χ2n) is 4.53. The summed E-state index contributed by atoms with van der Waals surface area (Å²) in [5, 5.41) is 2.49. The Balaban J connectivity index is 2.11. The Morgan fingerprint density at radius 1 is 0.900 bits per heavy atom. The summed E-state index contributed by atoms with van der Waals surface area (Å²) in [7, 11) is 2.02. The topological polar surface area (TPSA) is 16.1 Å². The first-order valence-corrected chi connectivity index (χ1v) is 6.94. The molecule has 0 saturated carbocycles. The van der Waals surface area contributed by atoms with Gasteiger partial charge < -0.3 is 4.90 Å². The first-order chi connectivity index (χ1) is 9.65. The number of anilines is 2. The van der Waals surface area contributed by atoms with E-state index in [1.54, 1.807) is 6.20 Å². The van der Waals surface area contributed by atoms with Gasteiger partial charge in [-0.3, -0.25) is 4.98 Å². The van der Waals surface area contributed by atoms with E-state index in [0.717, 1.165) is 27.3 Å². The first-order valence-electron chi connectivity index (χ1n) is 6.19. The van der Waals surface area contributed by atoms with Gasteiger partial charge in [0.15, 0.2) is 0 Å². The average Bonchev–Trinajstić information content (AvgIpc) is 2.46. The molecule has 0 radical (unpaired) electrons. The van der Waals surface area contributed by atoms with Gasteiger partial charge in [-0.15, -0.1) is 0 Å². The molecule has 0 aliphatic carbocycles. The van der Waals surface area contributed by atoms with Gasteiger partial charge in [0, 0.05) is 34.4 Å². The van der Waals surface area contributed by atoms with E-state index in [9.17, 15) is 0 Å². The zero-order chi connectivity index (χ0) is 14.1. The minimum Gasteiger partial charge on any atom is -0.344 e. The quantitative estimate of drug-likeness (QED) is 0.638. The monoisotopic (exact) mass is 302 g/mol. The van der Waals surface area contributed by atoms with E-state index in [1.165, 1.54) is 0 Å². The van der Waals surface area contributed by atoms with E-state index in [0.29, 0.717) is 5.02 Å². The fourth-order valence-electron chi connectivity index (χ4n) is 2.20. The van der Waals surface area contributed by atoms with Crippen molar-refractivity contribution in [2.45, 2.75) is 0 Å². The molecule has 2 aromatic carbocycles. The summed E-state index contributed by atoms with van der Waals surface area (Å²) < 4.78 is 0. The van der Waals surface area contributed by atoms with Gasteiger partial charge in [-0.1, -0.05) is 23.2 Å². The normalized spacial score (nSPS) is 10.8. The second kappa shape index (κ2) is 5.31. The lowest BCUT2D eigenvalue weighted by molar-refractivity contribution is 1.21. The highest BCUT2D eigenvalue weighted by atomic mass is 35.5. The SMILES string of the molecule is CN(c1ccc(Cl)cc1)c1ccnc2cc(Cl)ccc12. The molecule has 0 N–H and O–H groups in total. The molecule has 4 heteroatoms. The molecule has 1 aromatic heterocycles. The molecular weight excluding hydrogens is 291 g/mol. The lowest BCUT2D eigenvalue weighted by Gasteiger charge is -2.21. The molecule has 0 fully saturated rings. The van der Waals surface area contributed by atoms with Crippen LogP contribution < -0.4 is 4.90 Å². The zero-order valence-corrected chi connectivity index (χ0v) is 12.4. The van der Waals surface area contributed by atoms with Crippen molar-refractivity contribution in [1.82, 2.24) is 4.98 Å². The molecule has 3 aromatic rings. The summed E-state index contributed by atoms with van der Waals surface area (Å²) in [5.74, 6) is 0. The smallest absolute Gasteiger partial charge is 0.0737 e. The maximum absolute atomic E-state index is 6.02. The summed E-state index contributed by atoms with van der Waals surface area (Å²) in [6.45, 7) is 0. The van der Waals surface area contributed by atoms with Crippen LogP contribution in [0.4, 0.5) is 11.4 Å². The maximum atomic E-state index is 6.02. The third kappa shape index (κ3) is 2.45. The Hall–Kier alpha value is -1.77. The summed E-state index contributed by atoms with van der Waals surface area (Å²) in [6, 6.07) is 15.5. The van der Waals surface area contributed by atoms with Gasteiger partial charge in [-0.2, -0.15) is 0 Å². The molecule has 0 atom stereocenters. The third-order valence-electron chi connectivity index (χ3n) is 3.26. The number of halogens is 2. The minimum atomic E-state index is 0.691. The number of nitrogens with zero attached hydrogens (tertiary/aromatic N) is 2. The van der Waals surface area contributed by atoms with E-state index in [4.69, 9.17) is 23.2 Å². The molecule has 0 saturated heterocycles. The van der Waals surface area contributed by atoms with E-state index in [1.807, 2.05) is 55.6 Å². The van der Waals surface area contributed by atoms with Crippen molar-refractivity contribution in [2.75, 3.05) is 11.9 Å². The summed E-state index contributed by atoms with van der Waals surface area (Å²) >= 11 is 11.9. The van der Waals surface area contributed by atoms with Gasteiger partial charge in [-0.05, 0) is 48.5 Å². The van der Waals surface area contributed by atoms with E-state index < -0.39 is 0 Å². The minimum absolute atomic E-state index is 0.691. The fraction of sp³-hybridized carbons (Fsp3) is 0.0625. The zero-order valence-electron chi connectivity index (χ0n) is 10.8. The van der Waals surface area contributed by atoms with E-state index in [2.05, 4.69) is 9.88 Å². The van der Waals surface area contributed by atoms with Crippen molar-refractivity contribution in [3.63, 3.8) is 0 Å².